The highest BCUT2D eigenvalue weighted by atomic mass is 28.4. The van der Waals surface area contributed by atoms with E-state index in [4.69, 9.17) is 27.8 Å². The molecule has 0 bridgehead atoms. The van der Waals surface area contributed by atoms with Crippen LogP contribution in [0.3, 0.4) is 0 Å². The van der Waals surface area contributed by atoms with Crippen LogP contribution in [0.15, 0.2) is 24.3 Å². The smallest absolute Gasteiger partial charge is 0.192 e. The van der Waals surface area contributed by atoms with E-state index in [1.807, 2.05) is 12.1 Å². The molecule has 39 heavy (non-hydrogen) atoms. The van der Waals surface area contributed by atoms with E-state index in [-0.39, 0.29) is 30.0 Å². The molecule has 0 aliphatic carbocycles. The summed E-state index contributed by atoms with van der Waals surface area (Å²) >= 11 is 0. The van der Waals surface area contributed by atoms with Gasteiger partial charge in [-0.15, -0.1) is 0 Å². The van der Waals surface area contributed by atoms with Crippen molar-refractivity contribution in [2.75, 3.05) is 34.2 Å². The van der Waals surface area contributed by atoms with Crippen molar-refractivity contribution in [2.24, 2.45) is 11.8 Å². The van der Waals surface area contributed by atoms with Gasteiger partial charge in [-0.25, -0.2) is 0 Å². The molecule has 0 aromatic heterocycles. The first-order valence-electron chi connectivity index (χ1n) is 14.9. The lowest BCUT2D eigenvalue weighted by atomic mass is 9.93. The quantitative estimate of drug-likeness (QED) is 0.114. The third-order valence-corrected chi connectivity index (χ3v) is 17.8. The lowest BCUT2D eigenvalue weighted by Crippen LogP contribution is -2.49. The maximum atomic E-state index is 7.17. The zero-order valence-corrected chi connectivity index (χ0v) is 29.2. The Hall–Kier alpha value is -0.746. The number of benzene rings is 1. The predicted octanol–water partition coefficient (Wildman–Crippen LogP) is 8.28. The third-order valence-electron chi connectivity index (χ3n) is 8.62. The Kier molecular flexibility index (Phi) is 16.1. The summed E-state index contributed by atoms with van der Waals surface area (Å²) in [6.07, 6.45) is 0.718. The van der Waals surface area contributed by atoms with Crippen LogP contribution in [0.25, 0.3) is 0 Å². The fourth-order valence-corrected chi connectivity index (χ4v) is 8.56. The Morgan fingerprint density at radius 3 is 1.95 bits per heavy atom. The van der Waals surface area contributed by atoms with E-state index < -0.39 is 16.6 Å². The number of rotatable bonds is 20. The van der Waals surface area contributed by atoms with Crippen LogP contribution in [0, 0.1) is 11.8 Å². The number of hydrogen-bond donors (Lipinski definition) is 0. The SMILES string of the molecule is CC[Si](CC)(CC)O[C@@H](C[C@H](C)COCc1ccc(OC)cc1)[C@@H](OCOC)[C@@H](C)CO[Si](C)(C)C(C)(C)C. The van der Waals surface area contributed by atoms with Gasteiger partial charge in [0, 0.05) is 26.2 Å². The molecule has 6 nitrogen and oxygen atoms in total. The van der Waals surface area contributed by atoms with Crippen LogP contribution < -0.4 is 4.74 Å². The van der Waals surface area contributed by atoms with Gasteiger partial charge in [0.1, 0.15) is 12.5 Å². The van der Waals surface area contributed by atoms with Crippen molar-refractivity contribution >= 4 is 16.6 Å². The minimum absolute atomic E-state index is 0.0377. The van der Waals surface area contributed by atoms with Crippen LogP contribution in [0.1, 0.15) is 67.4 Å². The summed E-state index contributed by atoms with van der Waals surface area (Å²) in [5, 5.41) is 0.163. The molecule has 1 rings (SSSR count). The lowest BCUT2D eigenvalue weighted by Gasteiger charge is -2.41. The second kappa shape index (κ2) is 17.3. The first kappa shape index (κ1) is 36.3. The summed E-state index contributed by atoms with van der Waals surface area (Å²) in [5.41, 5.74) is 1.14. The van der Waals surface area contributed by atoms with Gasteiger partial charge in [-0.2, -0.15) is 0 Å². The van der Waals surface area contributed by atoms with Crippen molar-refractivity contribution in [3.05, 3.63) is 29.8 Å². The van der Waals surface area contributed by atoms with Gasteiger partial charge >= 0.3 is 0 Å². The minimum atomic E-state index is -1.88. The predicted molar refractivity (Wildman–Crippen MR) is 168 cm³/mol. The van der Waals surface area contributed by atoms with E-state index in [1.165, 1.54) is 0 Å². The van der Waals surface area contributed by atoms with E-state index in [9.17, 15) is 0 Å². The van der Waals surface area contributed by atoms with Gasteiger partial charge in [0.15, 0.2) is 16.6 Å². The van der Waals surface area contributed by atoms with E-state index in [0.717, 1.165) is 35.9 Å². The molecule has 0 aliphatic rings. The van der Waals surface area contributed by atoms with E-state index >= 15 is 0 Å². The van der Waals surface area contributed by atoms with Gasteiger partial charge in [-0.1, -0.05) is 67.5 Å². The van der Waals surface area contributed by atoms with Gasteiger partial charge in [-0.3, -0.25) is 0 Å². The largest absolute Gasteiger partial charge is 0.497 e. The molecule has 0 saturated carbocycles. The maximum absolute atomic E-state index is 7.17. The first-order chi connectivity index (χ1) is 18.3. The number of ether oxygens (including phenoxy) is 4. The van der Waals surface area contributed by atoms with Gasteiger partial charge in [-0.05, 0) is 66.3 Å². The summed E-state index contributed by atoms with van der Waals surface area (Å²) in [6.45, 7) is 25.0. The summed E-state index contributed by atoms with van der Waals surface area (Å²) in [6, 6.07) is 11.4. The fourth-order valence-electron chi connectivity index (χ4n) is 4.57. The monoisotopic (exact) mass is 584 g/mol. The Morgan fingerprint density at radius 1 is 0.872 bits per heavy atom. The number of hydrogen-bond acceptors (Lipinski definition) is 6. The molecule has 0 amide bonds. The molecule has 0 N–H and O–H groups in total. The molecule has 0 radical (unpaired) electrons. The first-order valence-corrected chi connectivity index (χ1v) is 20.3. The summed E-state index contributed by atoms with van der Waals surface area (Å²) in [7, 11) is -0.399. The average Bonchev–Trinajstić information content (AvgIpc) is 2.90. The van der Waals surface area contributed by atoms with Crippen LogP contribution in [0.5, 0.6) is 5.75 Å². The summed E-state index contributed by atoms with van der Waals surface area (Å²) < 4.78 is 37.0. The van der Waals surface area contributed by atoms with Crippen LogP contribution in [-0.4, -0.2) is 63.1 Å². The zero-order chi connectivity index (χ0) is 29.7. The van der Waals surface area contributed by atoms with Crippen LogP contribution >= 0.6 is 0 Å². The molecular formula is C31H60O6Si2. The van der Waals surface area contributed by atoms with Crippen molar-refractivity contribution < 1.29 is 27.8 Å². The van der Waals surface area contributed by atoms with E-state index in [1.54, 1.807) is 14.2 Å². The van der Waals surface area contributed by atoms with Gasteiger partial charge in [0.05, 0.1) is 25.9 Å². The molecule has 8 heteroatoms. The normalized spacial score (nSPS) is 16.1. The van der Waals surface area contributed by atoms with Gasteiger partial charge in [0.2, 0.25) is 0 Å². The van der Waals surface area contributed by atoms with Crippen molar-refractivity contribution in [1.82, 2.24) is 0 Å². The Balaban J connectivity index is 3.05. The van der Waals surface area contributed by atoms with Crippen molar-refractivity contribution in [3.63, 3.8) is 0 Å². The van der Waals surface area contributed by atoms with E-state index in [0.29, 0.717) is 25.7 Å². The van der Waals surface area contributed by atoms with Gasteiger partial charge in [0.25, 0.3) is 0 Å². The van der Waals surface area contributed by atoms with Crippen LogP contribution in [0.4, 0.5) is 0 Å². The summed E-state index contributed by atoms with van der Waals surface area (Å²) in [5.74, 6) is 1.34. The second-order valence-electron chi connectivity index (χ2n) is 12.7. The Morgan fingerprint density at radius 2 is 1.46 bits per heavy atom. The summed E-state index contributed by atoms with van der Waals surface area (Å²) in [4.78, 5) is 0. The highest BCUT2D eigenvalue weighted by Gasteiger charge is 2.41. The Bertz CT molecular complexity index is 768. The zero-order valence-electron chi connectivity index (χ0n) is 27.2. The standard InChI is InChI=1S/C31H60O6Si2/c1-13-39(14-2,15-3)37-29(20-25(4)21-34-23-27-16-18-28(33-10)19-17-27)30(35-24-32-9)26(5)22-36-38(11,12)31(6,7)8/h16-19,25-26,29-30H,13-15,20-24H2,1-12H3/t25-,26-,29-,30-/m0/s1. The second-order valence-corrected chi connectivity index (χ2v) is 22.2. The molecule has 0 saturated heterocycles. The molecule has 0 heterocycles. The topological polar surface area (TPSA) is 55.4 Å². The molecule has 0 unspecified atom stereocenters. The molecule has 0 spiro atoms. The van der Waals surface area contributed by atoms with E-state index in [2.05, 4.69) is 80.6 Å². The molecule has 1 aromatic carbocycles. The lowest BCUT2D eigenvalue weighted by molar-refractivity contribution is -0.136. The van der Waals surface area contributed by atoms with Crippen LogP contribution in [0.2, 0.25) is 36.3 Å². The van der Waals surface area contributed by atoms with Crippen LogP contribution in [-0.2, 0) is 29.7 Å². The molecular weight excluding hydrogens is 525 g/mol. The molecule has 4 atom stereocenters. The number of methoxy groups -OCH3 is 2. The minimum Gasteiger partial charge on any atom is -0.497 e. The highest BCUT2D eigenvalue weighted by molar-refractivity contribution is 6.74. The Labute approximate surface area is 242 Å². The fraction of sp³-hybridized carbons (Fsp3) is 0.806. The van der Waals surface area contributed by atoms with Gasteiger partial charge < -0.3 is 27.8 Å². The molecule has 0 fully saturated rings. The van der Waals surface area contributed by atoms with Crippen molar-refractivity contribution in [3.8, 4) is 5.75 Å². The molecule has 1 aromatic rings. The third kappa shape index (κ3) is 11.9. The maximum Gasteiger partial charge on any atom is 0.192 e. The molecule has 228 valence electrons. The van der Waals surface area contributed by atoms with Crippen molar-refractivity contribution in [2.45, 2.75) is 117 Å². The molecule has 0 aliphatic heterocycles. The highest BCUT2D eigenvalue weighted by Crippen LogP contribution is 2.37. The average molecular weight is 585 g/mol. The van der Waals surface area contributed by atoms with Crippen molar-refractivity contribution in [1.29, 1.82) is 0 Å².